The summed E-state index contributed by atoms with van der Waals surface area (Å²) in [5.41, 5.74) is 0. The molecule has 0 spiro atoms. The van der Waals surface area contributed by atoms with Gasteiger partial charge in [-0.25, -0.2) is 0 Å². The molecule has 0 atom stereocenters. The van der Waals surface area contributed by atoms with Crippen LogP contribution in [0.3, 0.4) is 0 Å². The average Bonchev–Trinajstić information content (AvgIpc) is 1.65. The van der Waals surface area contributed by atoms with Crippen LogP contribution in [-0.4, -0.2) is 11.6 Å². The molecule has 0 heterocycles. The van der Waals surface area contributed by atoms with Crippen molar-refractivity contribution in [2.75, 3.05) is 0 Å². The van der Waals surface area contributed by atoms with E-state index in [1.807, 2.05) is 0 Å². The van der Waals surface area contributed by atoms with E-state index in [1.165, 1.54) is 6.92 Å². The Labute approximate surface area is 58.6 Å². The number of rotatable bonds is 2. The average molecular weight is 159 g/mol. The van der Waals surface area contributed by atoms with Crippen LogP contribution < -0.4 is 0 Å². The summed E-state index contributed by atoms with van der Waals surface area (Å²) in [5.74, 6) is -0.637. The summed E-state index contributed by atoms with van der Waals surface area (Å²) in [6.45, 7) is 2.95. The van der Waals surface area contributed by atoms with E-state index in [0.29, 0.717) is 6.42 Å². The Balaban J connectivity index is 0. The molecule has 8 heavy (non-hydrogen) atoms. The van der Waals surface area contributed by atoms with Crippen LogP contribution >= 0.6 is 0 Å². The molecule has 0 saturated carbocycles. The minimum atomic E-state index is -0.345. The van der Waals surface area contributed by atoms with Gasteiger partial charge in [-0.3, -0.25) is 9.59 Å². The standard InChI is InChI=1S/C5H8O2.Ni/c1-3-5(7)4(2)6;/h3H2,1-2H3;. The monoisotopic (exact) mass is 158 g/mol. The fraction of sp³-hybridized carbons (Fsp3) is 0.600. The molecule has 0 aliphatic carbocycles. The van der Waals surface area contributed by atoms with Crippen molar-refractivity contribution >= 4 is 11.6 Å². The van der Waals surface area contributed by atoms with Crippen LogP contribution in [0, 0.1) is 0 Å². The first-order valence-electron chi connectivity index (χ1n) is 2.22. The van der Waals surface area contributed by atoms with Gasteiger partial charge in [-0.2, -0.15) is 0 Å². The van der Waals surface area contributed by atoms with E-state index >= 15 is 0 Å². The second kappa shape index (κ2) is 4.98. The van der Waals surface area contributed by atoms with Crippen molar-refractivity contribution in [1.29, 1.82) is 0 Å². The van der Waals surface area contributed by atoms with Gasteiger partial charge in [0.15, 0.2) is 11.6 Å². The molecule has 0 rings (SSSR count). The van der Waals surface area contributed by atoms with Gasteiger partial charge in [-0.15, -0.1) is 0 Å². The molecule has 0 aliphatic rings. The molecule has 0 aromatic rings. The van der Waals surface area contributed by atoms with E-state index in [-0.39, 0.29) is 28.1 Å². The molecule has 50 valence electrons. The minimum Gasteiger partial charge on any atom is -0.291 e. The van der Waals surface area contributed by atoms with Crippen LogP contribution in [0.1, 0.15) is 20.3 Å². The van der Waals surface area contributed by atoms with Crippen molar-refractivity contribution < 1.29 is 26.1 Å². The molecule has 0 saturated heterocycles. The molecule has 0 amide bonds. The predicted molar refractivity (Wildman–Crippen MR) is 26.0 cm³/mol. The van der Waals surface area contributed by atoms with E-state index in [1.54, 1.807) is 6.92 Å². The molecule has 0 aromatic carbocycles. The Bertz CT molecular complexity index is 98.6. The molecule has 3 heteroatoms. The topological polar surface area (TPSA) is 34.1 Å². The van der Waals surface area contributed by atoms with E-state index < -0.39 is 0 Å². The first-order valence-corrected chi connectivity index (χ1v) is 2.22. The summed E-state index contributed by atoms with van der Waals surface area (Å²) in [6, 6.07) is 0. The molecule has 0 aromatic heterocycles. The second-order valence-electron chi connectivity index (χ2n) is 1.33. The summed E-state index contributed by atoms with van der Waals surface area (Å²) >= 11 is 0. The Morgan fingerprint density at radius 1 is 1.38 bits per heavy atom. The molecular weight excluding hydrogens is 151 g/mol. The number of carbonyl (C=O) groups excluding carboxylic acids is 2. The first kappa shape index (κ1) is 10.7. The number of hydrogen-bond acceptors (Lipinski definition) is 2. The molecule has 0 radical (unpaired) electrons. The van der Waals surface area contributed by atoms with Gasteiger partial charge in [0, 0.05) is 29.8 Å². The van der Waals surface area contributed by atoms with Crippen molar-refractivity contribution in [2.45, 2.75) is 20.3 Å². The molecule has 0 fully saturated rings. The second-order valence-corrected chi connectivity index (χ2v) is 1.33. The van der Waals surface area contributed by atoms with Crippen LogP contribution in [0.5, 0.6) is 0 Å². The Morgan fingerprint density at radius 3 is 1.75 bits per heavy atom. The van der Waals surface area contributed by atoms with E-state index in [2.05, 4.69) is 0 Å². The van der Waals surface area contributed by atoms with Gasteiger partial charge < -0.3 is 0 Å². The zero-order valence-electron chi connectivity index (χ0n) is 4.84. The van der Waals surface area contributed by atoms with Gasteiger partial charge in [0.05, 0.1) is 0 Å². The van der Waals surface area contributed by atoms with Crippen LogP contribution in [-0.2, 0) is 26.1 Å². The fourth-order valence-electron chi connectivity index (χ4n) is 0.249. The van der Waals surface area contributed by atoms with Gasteiger partial charge in [0.25, 0.3) is 0 Å². The zero-order valence-corrected chi connectivity index (χ0v) is 5.83. The van der Waals surface area contributed by atoms with Crippen LogP contribution in [0.4, 0.5) is 0 Å². The molecule has 0 bridgehead atoms. The number of hydrogen-bond donors (Lipinski definition) is 0. The van der Waals surface area contributed by atoms with Crippen molar-refractivity contribution in [1.82, 2.24) is 0 Å². The van der Waals surface area contributed by atoms with Gasteiger partial charge in [-0.05, 0) is 0 Å². The third kappa shape index (κ3) is 4.00. The van der Waals surface area contributed by atoms with Crippen molar-refractivity contribution in [3.8, 4) is 0 Å². The van der Waals surface area contributed by atoms with E-state index in [4.69, 9.17) is 0 Å². The fourth-order valence-corrected chi connectivity index (χ4v) is 0.249. The Morgan fingerprint density at radius 2 is 1.75 bits per heavy atom. The van der Waals surface area contributed by atoms with Crippen LogP contribution in [0.2, 0.25) is 0 Å². The third-order valence-corrected chi connectivity index (χ3v) is 0.714. The van der Waals surface area contributed by atoms with Crippen LogP contribution in [0.25, 0.3) is 0 Å². The Hall–Kier alpha value is -0.166. The molecule has 0 N–H and O–H groups in total. The van der Waals surface area contributed by atoms with E-state index in [0.717, 1.165) is 0 Å². The summed E-state index contributed by atoms with van der Waals surface area (Å²) in [4.78, 5) is 20.2. The Kier molecular flexibility index (Phi) is 6.69. The number of carbonyl (C=O) groups is 2. The molecular formula is C5H8NiO2. The van der Waals surface area contributed by atoms with E-state index in [9.17, 15) is 9.59 Å². The SMILES string of the molecule is CCC(=O)C(C)=O.[Ni]. The molecule has 2 nitrogen and oxygen atoms in total. The van der Waals surface area contributed by atoms with Gasteiger partial charge in [0.2, 0.25) is 0 Å². The molecule has 0 aliphatic heterocycles. The van der Waals surface area contributed by atoms with Crippen molar-refractivity contribution in [3.05, 3.63) is 0 Å². The minimum absolute atomic E-state index is 0. The third-order valence-electron chi connectivity index (χ3n) is 0.714. The van der Waals surface area contributed by atoms with Gasteiger partial charge in [-0.1, -0.05) is 6.92 Å². The summed E-state index contributed by atoms with van der Waals surface area (Å²) in [7, 11) is 0. The first-order chi connectivity index (χ1) is 3.18. The summed E-state index contributed by atoms with van der Waals surface area (Å²) in [5, 5.41) is 0. The quantitative estimate of drug-likeness (QED) is 0.435. The smallest absolute Gasteiger partial charge is 0.197 e. The zero-order chi connectivity index (χ0) is 5.86. The molecule has 0 unspecified atom stereocenters. The normalized spacial score (nSPS) is 7.25. The number of Topliss-reactive ketones (excluding diaryl/α,β-unsaturated/α-hetero) is 2. The predicted octanol–water partition coefficient (Wildman–Crippen LogP) is 0.552. The summed E-state index contributed by atoms with van der Waals surface area (Å²) < 4.78 is 0. The van der Waals surface area contributed by atoms with Crippen molar-refractivity contribution in [3.63, 3.8) is 0 Å². The maximum Gasteiger partial charge on any atom is 0.197 e. The van der Waals surface area contributed by atoms with Crippen LogP contribution in [0.15, 0.2) is 0 Å². The maximum atomic E-state index is 10.2. The maximum absolute atomic E-state index is 10.2. The van der Waals surface area contributed by atoms with Gasteiger partial charge >= 0.3 is 0 Å². The largest absolute Gasteiger partial charge is 0.291 e. The number of ketones is 2. The van der Waals surface area contributed by atoms with Crippen molar-refractivity contribution in [2.24, 2.45) is 0 Å². The summed E-state index contributed by atoms with van der Waals surface area (Å²) in [6.07, 6.45) is 0.329. The van der Waals surface area contributed by atoms with Gasteiger partial charge in [0.1, 0.15) is 0 Å².